The zero-order chi connectivity index (χ0) is 16.1. The van der Waals surface area contributed by atoms with Crippen LogP contribution in [0.1, 0.15) is 74.7 Å². The molecule has 0 radical (unpaired) electrons. The molecule has 19 heavy (non-hydrogen) atoms. The zero-order valence-electron chi connectivity index (χ0n) is 14.6. The van der Waals surface area contributed by atoms with Crippen molar-refractivity contribution in [3.05, 3.63) is 35.9 Å². The molecular weight excluding hydrogens is 252 g/mol. The largest absolute Gasteiger partial charge is 0.0990 e. The van der Waals surface area contributed by atoms with Crippen LogP contribution in [-0.4, -0.2) is 0 Å². The van der Waals surface area contributed by atoms with Crippen LogP contribution in [0.15, 0.2) is 35.9 Å². The van der Waals surface area contributed by atoms with E-state index in [9.17, 15) is 0 Å². The molecule has 0 aliphatic heterocycles. The van der Waals surface area contributed by atoms with Crippen molar-refractivity contribution < 1.29 is 0 Å². The predicted molar refractivity (Wildman–Crippen MR) is 96.0 cm³/mol. The van der Waals surface area contributed by atoms with Crippen molar-refractivity contribution in [2.75, 3.05) is 0 Å². The van der Waals surface area contributed by atoms with E-state index >= 15 is 0 Å². The van der Waals surface area contributed by atoms with Gasteiger partial charge in [-0.2, -0.15) is 0 Å². The number of halogens is 1. The first-order valence-electron chi connectivity index (χ1n) is 7.76. The van der Waals surface area contributed by atoms with Gasteiger partial charge < -0.3 is 0 Å². The van der Waals surface area contributed by atoms with Crippen molar-refractivity contribution in [1.29, 1.82) is 0 Å². The lowest BCUT2D eigenvalue weighted by Crippen LogP contribution is -1.85. The topological polar surface area (TPSA) is 0 Å². The van der Waals surface area contributed by atoms with E-state index in [2.05, 4.69) is 34.3 Å². The molecule has 0 N–H and O–H groups in total. The summed E-state index contributed by atoms with van der Waals surface area (Å²) < 4.78 is 0. The van der Waals surface area contributed by atoms with Crippen molar-refractivity contribution in [2.24, 2.45) is 5.92 Å². The molecule has 0 aliphatic rings. The van der Waals surface area contributed by atoms with Gasteiger partial charge in [-0.3, -0.25) is 0 Å². The number of allylic oxidation sites excluding steroid dienone is 5. The van der Waals surface area contributed by atoms with Gasteiger partial charge in [0.25, 0.3) is 0 Å². The number of hydrogen-bond acceptors (Lipinski definition) is 0. The third-order valence-corrected chi connectivity index (χ3v) is 2.44. The molecule has 0 nitrogen and oxygen atoms in total. The predicted octanol–water partition coefficient (Wildman–Crippen LogP) is 7.76. The lowest BCUT2D eigenvalue weighted by Gasteiger charge is -1.98. The molecular formula is C18H37Cl. The van der Waals surface area contributed by atoms with Crippen LogP contribution in [0.5, 0.6) is 0 Å². The van der Waals surface area contributed by atoms with Gasteiger partial charge in [-0.05, 0) is 24.5 Å². The van der Waals surface area contributed by atoms with E-state index in [4.69, 9.17) is 11.6 Å². The standard InChI is InChI=1S/C8H11Cl.C6H14.2C2H6/c1-3-5-7-8(9)6-4-2;1-4-6(3)5-2;2*1-2/h4-7H,2-3H2,1H3;6H,4-5H2,1-3H3;2*1-2H3/b7-5+,8-6+;;;. The summed E-state index contributed by atoms with van der Waals surface area (Å²) in [6.07, 6.45) is 11.0. The SMILES string of the molecule is C=C/C=C(Cl)\C=C\CC.CC.CC.CCC(C)CC. The van der Waals surface area contributed by atoms with Crippen LogP contribution in [-0.2, 0) is 0 Å². The van der Waals surface area contributed by atoms with Crippen molar-refractivity contribution in [3.63, 3.8) is 0 Å². The summed E-state index contributed by atoms with van der Waals surface area (Å²) in [4.78, 5) is 0. The highest BCUT2D eigenvalue weighted by molar-refractivity contribution is 6.31. The molecule has 0 atom stereocenters. The fraction of sp³-hybridized carbons (Fsp3) is 0.667. The van der Waals surface area contributed by atoms with Crippen molar-refractivity contribution in [3.8, 4) is 0 Å². The molecule has 0 aliphatic carbocycles. The van der Waals surface area contributed by atoms with E-state index in [1.807, 2.05) is 39.8 Å². The fourth-order valence-corrected chi connectivity index (χ4v) is 0.865. The quantitative estimate of drug-likeness (QED) is 0.453. The van der Waals surface area contributed by atoms with Crippen LogP contribution in [0.3, 0.4) is 0 Å². The van der Waals surface area contributed by atoms with Gasteiger partial charge in [0.1, 0.15) is 0 Å². The molecule has 0 aromatic rings. The second kappa shape index (κ2) is 30.5. The molecule has 0 unspecified atom stereocenters. The van der Waals surface area contributed by atoms with Gasteiger partial charge in [0.2, 0.25) is 0 Å². The van der Waals surface area contributed by atoms with Crippen LogP contribution in [0.25, 0.3) is 0 Å². The highest BCUT2D eigenvalue weighted by Gasteiger charge is 1.88. The van der Waals surface area contributed by atoms with Gasteiger partial charge in [-0.1, -0.05) is 98.6 Å². The maximum Gasteiger partial charge on any atom is 0.0402 e. The minimum Gasteiger partial charge on any atom is -0.0990 e. The molecule has 0 aromatic heterocycles. The van der Waals surface area contributed by atoms with Crippen molar-refractivity contribution in [2.45, 2.75) is 74.7 Å². The van der Waals surface area contributed by atoms with Crippen LogP contribution in [0, 0.1) is 5.92 Å². The van der Waals surface area contributed by atoms with Crippen LogP contribution >= 0.6 is 11.6 Å². The molecule has 0 fully saturated rings. The van der Waals surface area contributed by atoms with Crippen molar-refractivity contribution >= 4 is 11.6 Å². The van der Waals surface area contributed by atoms with Gasteiger partial charge in [0.15, 0.2) is 0 Å². The molecule has 0 aromatic carbocycles. The third-order valence-electron chi connectivity index (χ3n) is 2.18. The number of rotatable bonds is 5. The molecule has 0 heterocycles. The van der Waals surface area contributed by atoms with Crippen LogP contribution in [0.4, 0.5) is 0 Å². The van der Waals surface area contributed by atoms with E-state index in [1.165, 1.54) is 12.8 Å². The van der Waals surface area contributed by atoms with E-state index in [1.54, 1.807) is 12.2 Å². The van der Waals surface area contributed by atoms with Crippen LogP contribution < -0.4 is 0 Å². The summed E-state index contributed by atoms with van der Waals surface area (Å²) in [5, 5.41) is 0.729. The molecule has 116 valence electrons. The Morgan fingerprint density at radius 1 is 1.05 bits per heavy atom. The smallest absolute Gasteiger partial charge is 0.0402 e. The third kappa shape index (κ3) is 38.1. The second-order valence-corrected chi connectivity index (χ2v) is 3.96. The van der Waals surface area contributed by atoms with Gasteiger partial charge >= 0.3 is 0 Å². The van der Waals surface area contributed by atoms with E-state index in [0.29, 0.717) is 0 Å². The average molecular weight is 289 g/mol. The summed E-state index contributed by atoms with van der Waals surface area (Å²) in [7, 11) is 0. The summed E-state index contributed by atoms with van der Waals surface area (Å²) in [5.74, 6) is 0.935. The van der Waals surface area contributed by atoms with Gasteiger partial charge in [0, 0.05) is 5.03 Å². The Balaban J connectivity index is -0.0000000977. The molecule has 0 saturated carbocycles. The first-order valence-corrected chi connectivity index (χ1v) is 8.14. The van der Waals surface area contributed by atoms with Crippen LogP contribution in [0.2, 0.25) is 0 Å². The summed E-state index contributed by atoms with van der Waals surface area (Å²) in [6, 6.07) is 0. The Morgan fingerprint density at radius 2 is 1.47 bits per heavy atom. The monoisotopic (exact) mass is 288 g/mol. The highest BCUT2D eigenvalue weighted by Crippen LogP contribution is 2.03. The van der Waals surface area contributed by atoms with Crippen molar-refractivity contribution in [1.82, 2.24) is 0 Å². The summed E-state index contributed by atoms with van der Waals surface area (Å²) in [6.45, 7) is 20.3. The molecule has 1 heteroatoms. The van der Waals surface area contributed by atoms with E-state index in [-0.39, 0.29) is 0 Å². The van der Waals surface area contributed by atoms with Gasteiger partial charge in [-0.25, -0.2) is 0 Å². The maximum atomic E-state index is 5.66. The Hall–Kier alpha value is -0.490. The summed E-state index contributed by atoms with van der Waals surface area (Å²) >= 11 is 5.66. The lowest BCUT2D eigenvalue weighted by molar-refractivity contribution is 0.544. The molecule has 0 bridgehead atoms. The zero-order valence-corrected chi connectivity index (χ0v) is 15.3. The van der Waals surface area contributed by atoms with Gasteiger partial charge in [-0.15, -0.1) is 0 Å². The van der Waals surface area contributed by atoms with E-state index < -0.39 is 0 Å². The first kappa shape index (κ1) is 27.0. The Bertz CT molecular complexity index is 186. The average Bonchev–Trinajstić information content (AvgIpc) is 2.49. The minimum absolute atomic E-state index is 0.729. The maximum absolute atomic E-state index is 5.66. The second-order valence-electron chi connectivity index (χ2n) is 3.52. The highest BCUT2D eigenvalue weighted by atomic mass is 35.5. The molecule has 0 spiro atoms. The van der Waals surface area contributed by atoms with Gasteiger partial charge in [0.05, 0.1) is 0 Å². The lowest BCUT2D eigenvalue weighted by atomic mass is 10.1. The Kier molecular flexibility index (Phi) is 43.3. The molecule has 0 rings (SSSR count). The Morgan fingerprint density at radius 3 is 1.68 bits per heavy atom. The van der Waals surface area contributed by atoms with E-state index in [0.717, 1.165) is 17.4 Å². The normalized spacial score (nSPS) is 9.68. The molecule has 0 amide bonds. The molecule has 0 saturated heterocycles. The minimum atomic E-state index is 0.729. The Labute approximate surface area is 128 Å². The summed E-state index contributed by atoms with van der Waals surface area (Å²) in [5.41, 5.74) is 0. The number of hydrogen-bond donors (Lipinski definition) is 0. The fourth-order valence-electron chi connectivity index (χ4n) is 0.687. The first-order chi connectivity index (χ1) is 9.12.